The second-order valence-corrected chi connectivity index (χ2v) is 6.82. The van der Waals surface area contributed by atoms with Gasteiger partial charge in [-0.1, -0.05) is 41.7 Å². The lowest BCUT2D eigenvalue weighted by molar-refractivity contribution is 0.318. The van der Waals surface area contributed by atoms with Crippen LogP contribution in [0.5, 0.6) is 0 Å². The quantitative estimate of drug-likeness (QED) is 0.336. The first-order valence-corrected chi connectivity index (χ1v) is 8.84. The lowest BCUT2D eigenvalue weighted by Gasteiger charge is -2.31. The highest BCUT2D eigenvalue weighted by molar-refractivity contribution is 7.99. The van der Waals surface area contributed by atoms with E-state index in [4.69, 9.17) is 22.5 Å². The van der Waals surface area contributed by atoms with Crippen LogP contribution in [0.4, 0.5) is 0 Å². The molecule has 0 radical (unpaired) electrons. The van der Waals surface area contributed by atoms with Crippen LogP contribution in [0.25, 0.3) is 0 Å². The summed E-state index contributed by atoms with van der Waals surface area (Å²) in [5.74, 6) is 0.0751. The molecule has 4 N–H and O–H groups in total. The molecule has 2 unspecified atom stereocenters. The smallest absolute Gasteiger partial charge is 0.170 e. The fourth-order valence-corrected chi connectivity index (χ4v) is 3.97. The average molecular weight is 328 g/mol. The molecule has 0 bridgehead atoms. The number of oxime groups is 1. The Balaban J connectivity index is 2.00. The highest BCUT2D eigenvalue weighted by Gasteiger charge is 2.23. The molecule has 4 nitrogen and oxygen atoms in total. The summed E-state index contributed by atoms with van der Waals surface area (Å²) in [6, 6.07) is 6.04. The van der Waals surface area contributed by atoms with E-state index in [1.54, 1.807) is 6.07 Å². The fourth-order valence-electron chi connectivity index (χ4n) is 2.76. The number of rotatable bonds is 5. The Morgan fingerprint density at radius 3 is 2.90 bits per heavy atom. The molecule has 2 atom stereocenters. The summed E-state index contributed by atoms with van der Waals surface area (Å²) in [7, 11) is 0. The number of hydrogen-bond donors (Lipinski definition) is 3. The molecule has 1 aliphatic carbocycles. The fraction of sp³-hybridized carbons (Fsp3) is 0.533. The predicted octanol–water partition coefficient (Wildman–Crippen LogP) is 3.20. The molecule has 1 aliphatic rings. The zero-order valence-electron chi connectivity index (χ0n) is 12.2. The molecule has 6 heteroatoms. The van der Waals surface area contributed by atoms with E-state index in [-0.39, 0.29) is 5.84 Å². The van der Waals surface area contributed by atoms with E-state index in [9.17, 15) is 0 Å². The first kappa shape index (κ1) is 16.5. The highest BCUT2D eigenvalue weighted by Crippen LogP contribution is 2.28. The van der Waals surface area contributed by atoms with Crippen molar-refractivity contribution in [3.05, 3.63) is 34.3 Å². The Kier molecular flexibility index (Phi) is 6.21. The molecule has 1 aromatic rings. The van der Waals surface area contributed by atoms with Gasteiger partial charge in [-0.15, -0.1) is 0 Å². The third kappa shape index (κ3) is 4.28. The summed E-state index contributed by atoms with van der Waals surface area (Å²) in [4.78, 5) is 0. The van der Waals surface area contributed by atoms with Crippen molar-refractivity contribution < 1.29 is 5.21 Å². The van der Waals surface area contributed by atoms with E-state index in [2.05, 4.69) is 16.7 Å². The van der Waals surface area contributed by atoms with E-state index in [1.165, 1.54) is 25.7 Å². The minimum Gasteiger partial charge on any atom is -0.409 e. The van der Waals surface area contributed by atoms with E-state index in [0.717, 1.165) is 12.1 Å². The van der Waals surface area contributed by atoms with E-state index < -0.39 is 0 Å². The second-order valence-electron chi connectivity index (χ2n) is 5.34. The van der Waals surface area contributed by atoms with Gasteiger partial charge in [0.15, 0.2) is 5.84 Å². The molecule has 0 aliphatic heterocycles. The standard InChI is InChI=1S/C15H22ClN3OS/c1-21-14-5-3-2-4-13(14)18-9-11-7-6-10(8-12(11)16)15(17)19-20/h6-8,13-14,18,20H,2-5,9H2,1H3,(H2,17,19). The van der Waals surface area contributed by atoms with Gasteiger partial charge in [-0.25, -0.2) is 0 Å². The largest absolute Gasteiger partial charge is 0.409 e. The predicted molar refractivity (Wildman–Crippen MR) is 90.4 cm³/mol. The van der Waals surface area contributed by atoms with E-state index in [1.807, 2.05) is 23.9 Å². The summed E-state index contributed by atoms with van der Waals surface area (Å²) in [5.41, 5.74) is 7.23. The SMILES string of the molecule is CSC1CCCCC1NCc1ccc(/C(N)=N/O)cc1Cl. The van der Waals surface area contributed by atoms with Crippen LogP contribution in [0, 0.1) is 0 Å². The maximum absolute atomic E-state index is 8.68. The van der Waals surface area contributed by atoms with Gasteiger partial charge >= 0.3 is 0 Å². The maximum atomic E-state index is 8.68. The number of benzene rings is 1. The van der Waals surface area contributed by atoms with Crippen LogP contribution in [0.15, 0.2) is 23.4 Å². The molecule has 21 heavy (non-hydrogen) atoms. The topological polar surface area (TPSA) is 70.6 Å². The molecule has 0 aromatic heterocycles. The van der Waals surface area contributed by atoms with Gasteiger partial charge in [-0.05, 0) is 30.7 Å². The molecular formula is C15H22ClN3OS. The van der Waals surface area contributed by atoms with Crippen molar-refractivity contribution in [2.45, 2.75) is 43.5 Å². The zero-order valence-corrected chi connectivity index (χ0v) is 13.8. The molecule has 0 heterocycles. The number of amidine groups is 1. The summed E-state index contributed by atoms with van der Waals surface area (Å²) < 4.78 is 0. The third-order valence-corrected chi connectivity index (χ3v) is 5.54. The van der Waals surface area contributed by atoms with Crippen LogP contribution in [-0.4, -0.2) is 28.6 Å². The molecule has 0 saturated heterocycles. The minimum atomic E-state index is 0.0751. The highest BCUT2D eigenvalue weighted by atomic mass is 35.5. The first-order chi connectivity index (χ1) is 10.2. The number of halogens is 1. The van der Waals surface area contributed by atoms with Crippen LogP contribution in [0.1, 0.15) is 36.8 Å². The first-order valence-electron chi connectivity index (χ1n) is 7.18. The minimum absolute atomic E-state index is 0.0751. The molecule has 2 rings (SSSR count). The van der Waals surface area contributed by atoms with Gasteiger partial charge in [-0.3, -0.25) is 0 Å². The average Bonchev–Trinajstić information content (AvgIpc) is 2.53. The Bertz CT molecular complexity index is 510. The number of nitrogens with two attached hydrogens (primary N) is 1. The van der Waals surface area contributed by atoms with Crippen LogP contribution < -0.4 is 11.1 Å². The molecular weight excluding hydrogens is 306 g/mol. The Hall–Kier alpha value is -0.910. The Morgan fingerprint density at radius 1 is 1.48 bits per heavy atom. The summed E-state index contributed by atoms with van der Waals surface area (Å²) in [6.45, 7) is 0.747. The molecule has 116 valence electrons. The van der Waals surface area contributed by atoms with Crippen molar-refractivity contribution in [3.63, 3.8) is 0 Å². The van der Waals surface area contributed by atoms with Gasteiger partial charge in [0.2, 0.25) is 0 Å². The van der Waals surface area contributed by atoms with Gasteiger partial charge in [0.25, 0.3) is 0 Å². The van der Waals surface area contributed by atoms with Crippen molar-refractivity contribution in [2.75, 3.05) is 6.26 Å². The monoisotopic (exact) mass is 327 g/mol. The van der Waals surface area contributed by atoms with Crippen molar-refractivity contribution in [3.8, 4) is 0 Å². The van der Waals surface area contributed by atoms with Crippen LogP contribution in [0.2, 0.25) is 5.02 Å². The molecule has 0 spiro atoms. The molecule has 1 saturated carbocycles. The molecule has 0 amide bonds. The Morgan fingerprint density at radius 2 is 2.24 bits per heavy atom. The maximum Gasteiger partial charge on any atom is 0.170 e. The summed E-state index contributed by atoms with van der Waals surface area (Å²) >= 11 is 8.23. The third-order valence-electron chi connectivity index (χ3n) is 4.02. The summed E-state index contributed by atoms with van der Waals surface area (Å²) in [6.07, 6.45) is 7.33. The lowest BCUT2D eigenvalue weighted by Crippen LogP contribution is -2.40. The van der Waals surface area contributed by atoms with Gasteiger partial charge < -0.3 is 16.3 Å². The van der Waals surface area contributed by atoms with E-state index in [0.29, 0.717) is 21.9 Å². The van der Waals surface area contributed by atoms with Crippen molar-refractivity contribution in [1.82, 2.24) is 5.32 Å². The number of hydrogen-bond acceptors (Lipinski definition) is 4. The van der Waals surface area contributed by atoms with Gasteiger partial charge in [0, 0.05) is 28.4 Å². The molecule has 1 fully saturated rings. The van der Waals surface area contributed by atoms with Crippen LogP contribution >= 0.6 is 23.4 Å². The normalized spacial score (nSPS) is 23.2. The molecule has 1 aromatic carbocycles. The summed E-state index contributed by atoms with van der Waals surface area (Å²) in [5, 5.41) is 16.6. The second kappa shape index (κ2) is 7.92. The van der Waals surface area contributed by atoms with Gasteiger partial charge in [-0.2, -0.15) is 11.8 Å². The number of nitrogens with zero attached hydrogens (tertiary/aromatic N) is 1. The van der Waals surface area contributed by atoms with Gasteiger partial charge in [0.05, 0.1) is 0 Å². The van der Waals surface area contributed by atoms with Gasteiger partial charge in [0.1, 0.15) is 0 Å². The lowest BCUT2D eigenvalue weighted by atomic mass is 9.94. The van der Waals surface area contributed by atoms with Crippen molar-refractivity contribution >= 4 is 29.2 Å². The van der Waals surface area contributed by atoms with Crippen LogP contribution in [0.3, 0.4) is 0 Å². The zero-order chi connectivity index (χ0) is 15.2. The number of thioether (sulfide) groups is 1. The van der Waals surface area contributed by atoms with E-state index >= 15 is 0 Å². The van der Waals surface area contributed by atoms with Crippen LogP contribution in [-0.2, 0) is 6.54 Å². The number of nitrogens with one attached hydrogen (secondary N) is 1. The van der Waals surface area contributed by atoms with Crippen molar-refractivity contribution in [1.29, 1.82) is 0 Å². The van der Waals surface area contributed by atoms with Crippen molar-refractivity contribution in [2.24, 2.45) is 10.9 Å². The Labute approximate surface area is 135 Å².